The summed E-state index contributed by atoms with van der Waals surface area (Å²) in [5.41, 5.74) is 2.00. The van der Waals surface area contributed by atoms with Crippen LogP contribution in [0.25, 0.3) is 0 Å². The minimum absolute atomic E-state index is 0.0243. The highest BCUT2D eigenvalue weighted by molar-refractivity contribution is 6.31. The van der Waals surface area contributed by atoms with Crippen molar-refractivity contribution >= 4 is 23.2 Å². The van der Waals surface area contributed by atoms with Crippen LogP contribution >= 0.6 is 11.6 Å². The second-order valence-corrected chi connectivity index (χ2v) is 6.78. The molecule has 1 fully saturated rings. The Balaban J connectivity index is 1.49. The first kappa shape index (κ1) is 17.8. The van der Waals surface area contributed by atoms with Crippen LogP contribution in [-0.2, 0) is 4.79 Å². The van der Waals surface area contributed by atoms with Crippen LogP contribution in [0.5, 0.6) is 5.75 Å². The molecule has 3 rings (SSSR count). The van der Waals surface area contributed by atoms with Crippen molar-refractivity contribution < 1.29 is 9.53 Å². The molecule has 2 aromatic rings. The molecule has 1 unspecified atom stereocenters. The Bertz CT molecular complexity index is 721. The Labute approximate surface area is 153 Å². The SMILES string of the molecule is COc1ccc(Cl)cc1NC(=O)CCN1CCC(c2ccccc2)C1. The van der Waals surface area contributed by atoms with Crippen molar-refractivity contribution in [1.82, 2.24) is 4.90 Å². The van der Waals surface area contributed by atoms with Crippen molar-refractivity contribution in [3.8, 4) is 5.75 Å². The molecule has 1 heterocycles. The number of carbonyl (C=O) groups excluding carboxylic acids is 1. The average Bonchev–Trinajstić information content (AvgIpc) is 3.10. The number of ether oxygens (including phenoxy) is 1. The zero-order valence-electron chi connectivity index (χ0n) is 14.4. The second kappa shape index (κ2) is 8.37. The lowest BCUT2D eigenvalue weighted by atomic mass is 9.99. The van der Waals surface area contributed by atoms with Gasteiger partial charge in [0.25, 0.3) is 0 Å². The van der Waals surface area contributed by atoms with E-state index in [4.69, 9.17) is 16.3 Å². The normalized spacial score (nSPS) is 17.4. The first-order valence-corrected chi connectivity index (χ1v) is 8.94. The number of amides is 1. The van der Waals surface area contributed by atoms with Crippen LogP contribution in [0, 0.1) is 0 Å². The molecule has 0 aromatic heterocycles. The number of rotatable bonds is 6. The van der Waals surface area contributed by atoms with Gasteiger partial charge in [0.05, 0.1) is 12.8 Å². The monoisotopic (exact) mass is 358 g/mol. The van der Waals surface area contributed by atoms with E-state index in [1.165, 1.54) is 5.56 Å². The second-order valence-electron chi connectivity index (χ2n) is 6.34. The first-order valence-electron chi connectivity index (χ1n) is 8.56. The number of benzene rings is 2. The number of hydrogen-bond acceptors (Lipinski definition) is 3. The zero-order chi connectivity index (χ0) is 17.6. The first-order chi connectivity index (χ1) is 12.2. The summed E-state index contributed by atoms with van der Waals surface area (Å²) in [6.07, 6.45) is 1.60. The van der Waals surface area contributed by atoms with E-state index in [0.717, 1.165) is 26.1 Å². The van der Waals surface area contributed by atoms with Gasteiger partial charge in [0.15, 0.2) is 0 Å². The molecule has 0 aliphatic carbocycles. The molecule has 2 aromatic carbocycles. The van der Waals surface area contributed by atoms with Crippen LogP contribution in [0.4, 0.5) is 5.69 Å². The van der Waals surface area contributed by atoms with Gasteiger partial charge in [0.1, 0.15) is 5.75 Å². The van der Waals surface area contributed by atoms with Crippen LogP contribution in [0.1, 0.15) is 24.3 Å². The fourth-order valence-electron chi connectivity index (χ4n) is 3.28. The molecule has 0 spiro atoms. The summed E-state index contributed by atoms with van der Waals surface area (Å²) in [5.74, 6) is 1.16. The smallest absolute Gasteiger partial charge is 0.225 e. The Kier molecular flexibility index (Phi) is 5.95. The van der Waals surface area contributed by atoms with Crippen LogP contribution in [0.2, 0.25) is 5.02 Å². The molecule has 132 valence electrons. The molecule has 0 bridgehead atoms. The number of anilines is 1. The number of likely N-dealkylation sites (tertiary alicyclic amines) is 1. The number of nitrogens with zero attached hydrogens (tertiary/aromatic N) is 1. The van der Waals surface area contributed by atoms with Gasteiger partial charge < -0.3 is 15.0 Å². The summed E-state index contributed by atoms with van der Waals surface area (Å²) in [5, 5.41) is 3.46. The number of nitrogens with one attached hydrogen (secondary N) is 1. The third-order valence-electron chi connectivity index (χ3n) is 4.63. The standard InChI is InChI=1S/C20H23ClN2O2/c1-25-19-8-7-17(21)13-18(19)22-20(24)10-12-23-11-9-16(14-23)15-5-3-2-4-6-15/h2-8,13,16H,9-12,14H2,1H3,(H,22,24). The Morgan fingerprint density at radius 1 is 1.28 bits per heavy atom. The summed E-state index contributed by atoms with van der Waals surface area (Å²) in [6.45, 7) is 2.81. The van der Waals surface area contributed by atoms with Crippen LogP contribution in [-0.4, -0.2) is 37.6 Å². The van der Waals surface area contributed by atoms with Crippen LogP contribution in [0.3, 0.4) is 0 Å². The maximum Gasteiger partial charge on any atom is 0.225 e. The Morgan fingerprint density at radius 3 is 2.84 bits per heavy atom. The van der Waals surface area contributed by atoms with Gasteiger partial charge in [-0.25, -0.2) is 0 Å². The number of halogens is 1. The molecule has 5 heteroatoms. The molecule has 1 saturated heterocycles. The number of hydrogen-bond donors (Lipinski definition) is 1. The van der Waals surface area contributed by atoms with Gasteiger partial charge in [-0.05, 0) is 42.6 Å². The molecule has 0 saturated carbocycles. The van der Waals surface area contributed by atoms with Gasteiger partial charge in [0.2, 0.25) is 5.91 Å². The Morgan fingerprint density at radius 2 is 2.08 bits per heavy atom. The number of carbonyl (C=O) groups is 1. The lowest BCUT2D eigenvalue weighted by Crippen LogP contribution is -2.25. The van der Waals surface area contributed by atoms with Gasteiger partial charge in [-0.2, -0.15) is 0 Å². The van der Waals surface area contributed by atoms with Gasteiger partial charge in [-0.1, -0.05) is 41.9 Å². The van der Waals surface area contributed by atoms with Crippen molar-refractivity contribution in [3.63, 3.8) is 0 Å². The lowest BCUT2D eigenvalue weighted by Gasteiger charge is -2.16. The van der Waals surface area contributed by atoms with Gasteiger partial charge in [-0.3, -0.25) is 4.79 Å². The quantitative estimate of drug-likeness (QED) is 0.842. The predicted octanol–water partition coefficient (Wildman–Crippen LogP) is 4.17. The van der Waals surface area contributed by atoms with Crippen molar-refractivity contribution in [3.05, 3.63) is 59.1 Å². The highest BCUT2D eigenvalue weighted by atomic mass is 35.5. The minimum Gasteiger partial charge on any atom is -0.495 e. The molecule has 1 amide bonds. The maximum atomic E-state index is 12.3. The molecule has 1 N–H and O–H groups in total. The lowest BCUT2D eigenvalue weighted by molar-refractivity contribution is -0.116. The largest absolute Gasteiger partial charge is 0.495 e. The minimum atomic E-state index is -0.0243. The summed E-state index contributed by atoms with van der Waals surface area (Å²) in [7, 11) is 1.58. The van der Waals surface area contributed by atoms with E-state index >= 15 is 0 Å². The van der Waals surface area contributed by atoms with E-state index in [0.29, 0.717) is 28.8 Å². The summed E-state index contributed by atoms with van der Waals surface area (Å²) in [4.78, 5) is 14.6. The highest BCUT2D eigenvalue weighted by Crippen LogP contribution is 2.29. The highest BCUT2D eigenvalue weighted by Gasteiger charge is 2.23. The van der Waals surface area contributed by atoms with E-state index in [9.17, 15) is 4.79 Å². The third-order valence-corrected chi connectivity index (χ3v) is 4.87. The molecule has 0 radical (unpaired) electrons. The van der Waals surface area contributed by atoms with E-state index < -0.39 is 0 Å². The van der Waals surface area contributed by atoms with Crippen LogP contribution in [0.15, 0.2) is 48.5 Å². The van der Waals surface area contributed by atoms with Crippen molar-refractivity contribution in [2.75, 3.05) is 32.1 Å². The molecule has 1 aliphatic rings. The molecular formula is C20H23ClN2O2. The van der Waals surface area contributed by atoms with Crippen LogP contribution < -0.4 is 10.1 Å². The fourth-order valence-corrected chi connectivity index (χ4v) is 3.46. The van der Waals surface area contributed by atoms with E-state index in [1.807, 2.05) is 6.07 Å². The number of methoxy groups -OCH3 is 1. The van der Waals surface area contributed by atoms with E-state index in [-0.39, 0.29) is 5.91 Å². The van der Waals surface area contributed by atoms with E-state index in [2.05, 4.69) is 34.5 Å². The fraction of sp³-hybridized carbons (Fsp3) is 0.350. The topological polar surface area (TPSA) is 41.6 Å². The Hall–Kier alpha value is -2.04. The van der Waals surface area contributed by atoms with Crippen molar-refractivity contribution in [1.29, 1.82) is 0 Å². The summed E-state index contributed by atoms with van der Waals surface area (Å²) < 4.78 is 5.26. The maximum absolute atomic E-state index is 12.3. The predicted molar refractivity (Wildman–Crippen MR) is 101 cm³/mol. The average molecular weight is 359 g/mol. The van der Waals surface area contributed by atoms with Gasteiger partial charge >= 0.3 is 0 Å². The molecule has 1 atom stereocenters. The molecular weight excluding hydrogens is 336 g/mol. The summed E-state index contributed by atoms with van der Waals surface area (Å²) >= 11 is 6.00. The van der Waals surface area contributed by atoms with Gasteiger partial charge in [0, 0.05) is 24.5 Å². The van der Waals surface area contributed by atoms with Gasteiger partial charge in [-0.15, -0.1) is 0 Å². The van der Waals surface area contributed by atoms with Crippen molar-refractivity contribution in [2.24, 2.45) is 0 Å². The third kappa shape index (κ3) is 4.74. The van der Waals surface area contributed by atoms with Crippen molar-refractivity contribution in [2.45, 2.75) is 18.8 Å². The van der Waals surface area contributed by atoms with E-state index in [1.54, 1.807) is 25.3 Å². The zero-order valence-corrected chi connectivity index (χ0v) is 15.1. The summed E-state index contributed by atoms with van der Waals surface area (Å²) in [6, 6.07) is 15.8. The molecule has 1 aliphatic heterocycles. The molecule has 4 nitrogen and oxygen atoms in total. The molecule has 25 heavy (non-hydrogen) atoms.